The van der Waals surface area contributed by atoms with E-state index in [1.807, 2.05) is 24.3 Å². The number of fused-ring (bicyclic) bond motifs is 1. The van der Waals surface area contributed by atoms with E-state index in [-0.39, 0.29) is 23.0 Å². The summed E-state index contributed by atoms with van der Waals surface area (Å²) < 4.78 is 5.42. The first kappa shape index (κ1) is 17.8. The fraction of sp³-hybridized carbons (Fsp3) is 0.500. The number of carbonyl (C=O) groups excluding carboxylic acids is 3. The Hall–Kier alpha value is -2.02. The van der Waals surface area contributed by atoms with Gasteiger partial charge in [0.2, 0.25) is 5.91 Å². The normalized spacial score (nSPS) is 20.8. The van der Waals surface area contributed by atoms with E-state index in [0.717, 1.165) is 10.5 Å². The third kappa shape index (κ3) is 3.98. The zero-order chi connectivity index (χ0) is 18.0. The largest absolute Gasteiger partial charge is 0.452 e. The van der Waals surface area contributed by atoms with Crippen LogP contribution in [-0.4, -0.2) is 65.1 Å². The zero-order valence-corrected chi connectivity index (χ0v) is 15.3. The average Bonchev–Trinajstić information content (AvgIpc) is 3.05. The summed E-state index contributed by atoms with van der Waals surface area (Å²) in [5, 5.41) is -0.290. The van der Waals surface area contributed by atoms with Gasteiger partial charge in [0.05, 0.1) is 0 Å². The van der Waals surface area contributed by atoms with E-state index >= 15 is 0 Å². The molecular formula is C18H22N2O4S. The zero-order valence-electron chi connectivity index (χ0n) is 14.4. The van der Waals surface area contributed by atoms with E-state index in [4.69, 9.17) is 4.74 Å². The lowest BCUT2D eigenvalue weighted by atomic mass is 10.1. The van der Waals surface area contributed by atoms with Crippen molar-refractivity contribution in [2.45, 2.75) is 36.5 Å². The van der Waals surface area contributed by atoms with E-state index in [1.54, 1.807) is 16.7 Å². The Kier molecular flexibility index (Phi) is 5.32. The minimum Gasteiger partial charge on any atom is -0.452 e. The van der Waals surface area contributed by atoms with E-state index in [2.05, 4.69) is 0 Å². The molecule has 134 valence electrons. The van der Waals surface area contributed by atoms with E-state index in [0.29, 0.717) is 32.6 Å². The molecule has 1 saturated heterocycles. The number of thioether (sulfide) groups is 1. The summed E-state index contributed by atoms with van der Waals surface area (Å²) in [6.45, 7) is 5.14. The summed E-state index contributed by atoms with van der Waals surface area (Å²) in [6.07, 6.45) is -0.168. The number of carbonyl (C=O) groups is 3. The number of benzene rings is 1. The van der Waals surface area contributed by atoms with Crippen molar-refractivity contribution in [3.05, 3.63) is 29.8 Å². The second kappa shape index (κ2) is 7.47. The van der Waals surface area contributed by atoms with Gasteiger partial charge in [-0.2, -0.15) is 0 Å². The first-order chi connectivity index (χ1) is 12.0. The van der Waals surface area contributed by atoms with Crippen LogP contribution in [0.3, 0.4) is 0 Å². The van der Waals surface area contributed by atoms with Gasteiger partial charge < -0.3 is 14.5 Å². The quantitative estimate of drug-likeness (QED) is 0.759. The maximum atomic E-state index is 12.5. The first-order valence-corrected chi connectivity index (χ1v) is 9.33. The molecule has 2 amide bonds. The highest BCUT2D eigenvalue weighted by Crippen LogP contribution is 2.37. The van der Waals surface area contributed by atoms with Gasteiger partial charge in [0.25, 0.3) is 5.91 Å². The summed E-state index contributed by atoms with van der Waals surface area (Å²) >= 11 is 1.49. The van der Waals surface area contributed by atoms with E-state index in [1.165, 1.54) is 18.7 Å². The Morgan fingerprint density at radius 2 is 1.76 bits per heavy atom. The molecule has 1 aromatic rings. The standard InChI is InChI=1S/C18H22N2O4S/c1-12(17(22)20-9-7-19(8-10-20)13(2)21)24-18(23)16-11-14-5-3-4-6-15(14)25-16/h3-6,12,16H,7-11H2,1-2H3. The van der Waals surface area contributed by atoms with Gasteiger partial charge in [0.15, 0.2) is 6.10 Å². The highest BCUT2D eigenvalue weighted by Gasteiger charge is 2.33. The van der Waals surface area contributed by atoms with Crippen LogP contribution in [0.25, 0.3) is 0 Å². The van der Waals surface area contributed by atoms with E-state index in [9.17, 15) is 14.4 Å². The SMILES string of the molecule is CC(=O)N1CCN(C(=O)C(C)OC(=O)C2Cc3ccccc3S2)CC1. The Morgan fingerprint density at radius 1 is 1.12 bits per heavy atom. The van der Waals surface area contributed by atoms with Gasteiger partial charge in [-0.05, 0) is 25.0 Å². The van der Waals surface area contributed by atoms with Crippen LogP contribution in [0.2, 0.25) is 0 Å². The van der Waals surface area contributed by atoms with Crippen LogP contribution in [0, 0.1) is 0 Å². The average molecular weight is 362 g/mol. The third-order valence-electron chi connectivity index (χ3n) is 4.59. The molecule has 2 heterocycles. The van der Waals surface area contributed by atoms with Gasteiger partial charge in [-0.1, -0.05) is 18.2 Å². The third-order valence-corrected chi connectivity index (χ3v) is 5.88. The lowest BCUT2D eigenvalue weighted by Gasteiger charge is -2.35. The molecule has 0 radical (unpaired) electrons. The van der Waals surface area contributed by atoms with Gasteiger partial charge in [0.1, 0.15) is 5.25 Å². The molecule has 3 rings (SSSR count). The van der Waals surface area contributed by atoms with Crippen molar-refractivity contribution in [2.75, 3.05) is 26.2 Å². The smallest absolute Gasteiger partial charge is 0.320 e. The molecule has 2 aliphatic rings. The number of nitrogens with zero attached hydrogens (tertiary/aromatic N) is 2. The maximum Gasteiger partial charge on any atom is 0.320 e. The number of esters is 1. The van der Waals surface area contributed by atoms with Gasteiger partial charge in [-0.15, -0.1) is 11.8 Å². The van der Waals surface area contributed by atoms with Crippen molar-refractivity contribution in [3.8, 4) is 0 Å². The van der Waals surface area contributed by atoms with Crippen LogP contribution in [0.15, 0.2) is 29.2 Å². The summed E-state index contributed by atoms with van der Waals surface area (Å²) in [5.41, 5.74) is 1.15. The molecule has 0 aromatic heterocycles. The first-order valence-electron chi connectivity index (χ1n) is 8.45. The highest BCUT2D eigenvalue weighted by molar-refractivity contribution is 8.01. The summed E-state index contributed by atoms with van der Waals surface area (Å²) in [5.74, 6) is -0.522. The Bertz CT molecular complexity index is 660. The second-order valence-corrected chi connectivity index (χ2v) is 7.57. The van der Waals surface area contributed by atoms with Gasteiger partial charge in [-0.25, -0.2) is 0 Å². The van der Waals surface area contributed by atoms with Crippen molar-refractivity contribution in [2.24, 2.45) is 0 Å². The predicted molar refractivity (Wildman–Crippen MR) is 94.2 cm³/mol. The van der Waals surface area contributed by atoms with Crippen LogP contribution >= 0.6 is 11.8 Å². The lowest BCUT2D eigenvalue weighted by Crippen LogP contribution is -2.52. The minimum atomic E-state index is -0.805. The van der Waals surface area contributed by atoms with Crippen LogP contribution in [0.1, 0.15) is 19.4 Å². The molecule has 2 unspecified atom stereocenters. The van der Waals surface area contributed by atoms with Crippen LogP contribution in [0.4, 0.5) is 0 Å². The molecule has 2 aliphatic heterocycles. The number of hydrogen-bond acceptors (Lipinski definition) is 5. The Balaban J connectivity index is 1.51. The fourth-order valence-electron chi connectivity index (χ4n) is 3.11. The van der Waals surface area contributed by atoms with Crippen molar-refractivity contribution >= 4 is 29.5 Å². The molecule has 6 nitrogen and oxygen atoms in total. The van der Waals surface area contributed by atoms with Crippen LogP contribution < -0.4 is 0 Å². The number of hydrogen-bond donors (Lipinski definition) is 0. The number of ether oxygens (including phenoxy) is 1. The number of amides is 2. The number of piperazine rings is 1. The summed E-state index contributed by atoms with van der Waals surface area (Å²) in [4.78, 5) is 40.7. The second-order valence-electron chi connectivity index (χ2n) is 6.33. The molecule has 0 N–H and O–H groups in total. The van der Waals surface area contributed by atoms with Gasteiger partial charge in [-0.3, -0.25) is 14.4 Å². The lowest BCUT2D eigenvalue weighted by molar-refractivity contribution is -0.159. The fourth-order valence-corrected chi connectivity index (χ4v) is 4.29. The monoisotopic (exact) mass is 362 g/mol. The minimum absolute atomic E-state index is 0.0180. The molecule has 1 fully saturated rings. The molecular weight excluding hydrogens is 340 g/mol. The number of rotatable bonds is 3. The molecule has 0 bridgehead atoms. The highest BCUT2D eigenvalue weighted by atomic mass is 32.2. The van der Waals surface area contributed by atoms with Crippen LogP contribution in [-0.2, 0) is 25.5 Å². The van der Waals surface area contributed by atoms with Gasteiger partial charge in [0, 0.05) is 38.0 Å². The van der Waals surface area contributed by atoms with Crippen molar-refractivity contribution in [1.82, 2.24) is 9.80 Å². The summed E-state index contributed by atoms with van der Waals surface area (Å²) in [6, 6.07) is 7.92. The Morgan fingerprint density at radius 3 is 2.40 bits per heavy atom. The molecule has 1 aromatic carbocycles. The van der Waals surface area contributed by atoms with Crippen molar-refractivity contribution in [3.63, 3.8) is 0 Å². The predicted octanol–water partition coefficient (Wildman–Crippen LogP) is 1.33. The topological polar surface area (TPSA) is 66.9 Å². The molecule has 0 aliphatic carbocycles. The maximum absolute atomic E-state index is 12.5. The van der Waals surface area contributed by atoms with Crippen molar-refractivity contribution < 1.29 is 19.1 Å². The molecule has 0 saturated carbocycles. The van der Waals surface area contributed by atoms with Crippen molar-refractivity contribution in [1.29, 1.82) is 0 Å². The molecule has 25 heavy (non-hydrogen) atoms. The Labute approximate surface area is 151 Å². The molecule has 7 heteroatoms. The summed E-state index contributed by atoms with van der Waals surface area (Å²) in [7, 11) is 0. The molecule has 2 atom stereocenters. The van der Waals surface area contributed by atoms with Crippen LogP contribution in [0.5, 0.6) is 0 Å². The van der Waals surface area contributed by atoms with E-state index < -0.39 is 6.10 Å². The van der Waals surface area contributed by atoms with Gasteiger partial charge >= 0.3 is 5.97 Å². The molecule has 0 spiro atoms.